The number of hydrogen-bond acceptors (Lipinski definition) is 3. The highest BCUT2D eigenvalue weighted by Crippen LogP contribution is 2.28. The molecule has 1 atom stereocenters. The summed E-state index contributed by atoms with van der Waals surface area (Å²) in [5.74, 6) is -1.71. The first-order chi connectivity index (χ1) is 11.7. The summed E-state index contributed by atoms with van der Waals surface area (Å²) >= 11 is 0. The van der Waals surface area contributed by atoms with Crippen molar-refractivity contribution in [3.8, 4) is 11.1 Å². The van der Waals surface area contributed by atoms with E-state index in [9.17, 15) is 9.18 Å². The second kappa shape index (κ2) is 7.02. The molecule has 0 saturated heterocycles. The molecule has 2 aromatic carbocycles. The van der Waals surface area contributed by atoms with E-state index < -0.39 is 17.8 Å². The van der Waals surface area contributed by atoms with Crippen molar-refractivity contribution in [1.29, 1.82) is 0 Å². The standard InChI is InChI=1S/C19H15FN2O2/c20-17-10-9-16(12-21-17)14-7-4-8-15(11-14)18(19(23)22-24)13-5-2-1-3-6-13/h1-12,18,24H,(H,22,23). The lowest BCUT2D eigenvalue weighted by atomic mass is 9.89. The van der Waals surface area contributed by atoms with Crippen molar-refractivity contribution >= 4 is 5.91 Å². The molecular weight excluding hydrogens is 307 g/mol. The minimum atomic E-state index is -0.649. The van der Waals surface area contributed by atoms with Crippen molar-refractivity contribution in [3.05, 3.63) is 90.0 Å². The molecule has 1 unspecified atom stereocenters. The molecule has 0 aliphatic carbocycles. The molecule has 0 fully saturated rings. The van der Waals surface area contributed by atoms with Gasteiger partial charge in [0, 0.05) is 11.8 Å². The lowest BCUT2D eigenvalue weighted by Crippen LogP contribution is -2.27. The first kappa shape index (κ1) is 15.8. The fourth-order valence-electron chi connectivity index (χ4n) is 2.65. The zero-order chi connectivity index (χ0) is 16.9. The quantitative estimate of drug-likeness (QED) is 0.439. The van der Waals surface area contributed by atoms with Crippen LogP contribution in [0.5, 0.6) is 0 Å². The molecule has 0 aliphatic rings. The Morgan fingerprint density at radius 1 is 0.958 bits per heavy atom. The van der Waals surface area contributed by atoms with Crippen molar-refractivity contribution in [2.45, 2.75) is 5.92 Å². The van der Waals surface area contributed by atoms with E-state index in [4.69, 9.17) is 5.21 Å². The zero-order valence-corrected chi connectivity index (χ0v) is 12.7. The molecule has 4 nitrogen and oxygen atoms in total. The van der Waals surface area contributed by atoms with Crippen LogP contribution >= 0.6 is 0 Å². The summed E-state index contributed by atoms with van der Waals surface area (Å²) in [4.78, 5) is 15.8. The van der Waals surface area contributed by atoms with Crippen LogP contribution in [-0.4, -0.2) is 16.1 Å². The predicted molar refractivity (Wildman–Crippen MR) is 87.8 cm³/mol. The van der Waals surface area contributed by atoms with Crippen LogP contribution in [0.15, 0.2) is 72.9 Å². The van der Waals surface area contributed by atoms with Crippen LogP contribution in [0.4, 0.5) is 4.39 Å². The van der Waals surface area contributed by atoms with Gasteiger partial charge in [-0.05, 0) is 34.9 Å². The lowest BCUT2D eigenvalue weighted by Gasteiger charge is -2.17. The summed E-state index contributed by atoms with van der Waals surface area (Å²) in [5.41, 5.74) is 4.76. The van der Waals surface area contributed by atoms with Gasteiger partial charge in [0.05, 0.1) is 5.92 Å². The van der Waals surface area contributed by atoms with Gasteiger partial charge in [0.15, 0.2) is 0 Å². The number of nitrogens with one attached hydrogen (secondary N) is 1. The Morgan fingerprint density at radius 3 is 2.38 bits per heavy atom. The Kier molecular flexibility index (Phi) is 4.63. The van der Waals surface area contributed by atoms with Crippen LogP contribution in [0.2, 0.25) is 0 Å². The van der Waals surface area contributed by atoms with Crippen molar-refractivity contribution in [1.82, 2.24) is 10.5 Å². The molecule has 5 heteroatoms. The van der Waals surface area contributed by atoms with Crippen LogP contribution in [0, 0.1) is 5.95 Å². The monoisotopic (exact) mass is 322 g/mol. The SMILES string of the molecule is O=C(NO)C(c1ccccc1)c1cccc(-c2ccc(F)nc2)c1. The predicted octanol–water partition coefficient (Wildman–Crippen LogP) is 3.53. The Labute approximate surface area is 138 Å². The fourth-order valence-corrected chi connectivity index (χ4v) is 2.65. The van der Waals surface area contributed by atoms with Crippen molar-refractivity contribution in [3.63, 3.8) is 0 Å². The smallest absolute Gasteiger partial charge is 0.255 e. The molecule has 1 heterocycles. The number of amides is 1. The second-order valence-electron chi connectivity index (χ2n) is 5.31. The van der Waals surface area contributed by atoms with Gasteiger partial charge in [0.1, 0.15) is 0 Å². The third-order valence-electron chi connectivity index (χ3n) is 3.79. The van der Waals surface area contributed by atoms with Gasteiger partial charge < -0.3 is 0 Å². The summed E-state index contributed by atoms with van der Waals surface area (Å²) < 4.78 is 13.0. The molecule has 0 aliphatic heterocycles. The molecule has 0 bridgehead atoms. The number of carbonyl (C=O) groups is 1. The molecule has 120 valence electrons. The van der Waals surface area contributed by atoms with Crippen LogP contribution in [0.3, 0.4) is 0 Å². The Balaban J connectivity index is 2.04. The van der Waals surface area contributed by atoms with Gasteiger partial charge in [-0.15, -0.1) is 0 Å². The Bertz CT molecular complexity index is 836. The van der Waals surface area contributed by atoms with Gasteiger partial charge in [0.2, 0.25) is 5.95 Å². The average molecular weight is 322 g/mol. The second-order valence-corrected chi connectivity index (χ2v) is 5.31. The van der Waals surface area contributed by atoms with Crippen molar-refractivity contribution < 1.29 is 14.4 Å². The largest absolute Gasteiger partial charge is 0.289 e. The van der Waals surface area contributed by atoms with Gasteiger partial charge in [-0.2, -0.15) is 4.39 Å². The van der Waals surface area contributed by atoms with E-state index in [1.54, 1.807) is 11.5 Å². The van der Waals surface area contributed by atoms with E-state index in [2.05, 4.69) is 4.98 Å². The normalized spacial score (nSPS) is 11.8. The van der Waals surface area contributed by atoms with Gasteiger partial charge in [-0.3, -0.25) is 10.0 Å². The number of halogens is 1. The summed E-state index contributed by atoms with van der Waals surface area (Å²) in [5, 5.41) is 9.09. The number of aromatic nitrogens is 1. The summed E-state index contributed by atoms with van der Waals surface area (Å²) in [7, 11) is 0. The Morgan fingerprint density at radius 2 is 1.71 bits per heavy atom. The summed E-state index contributed by atoms with van der Waals surface area (Å²) in [6.07, 6.45) is 1.44. The highest BCUT2D eigenvalue weighted by atomic mass is 19.1. The molecular formula is C19H15FN2O2. The number of rotatable bonds is 4. The third kappa shape index (κ3) is 3.31. The number of hydroxylamine groups is 1. The van der Waals surface area contributed by atoms with Gasteiger partial charge in [-0.25, -0.2) is 10.5 Å². The number of nitrogens with zero attached hydrogens (tertiary/aromatic N) is 1. The molecule has 3 aromatic rings. The van der Waals surface area contributed by atoms with Crippen molar-refractivity contribution in [2.75, 3.05) is 0 Å². The van der Waals surface area contributed by atoms with E-state index in [-0.39, 0.29) is 0 Å². The van der Waals surface area contributed by atoms with Gasteiger partial charge in [0.25, 0.3) is 5.91 Å². The van der Waals surface area contributed by atoms with Crippen molar-refractivity contribution in [2.24, 2.45) is 0 Å². The number of hydrogen-bond donors (Lipinski definition) is 2. The number of benzene rings is 2. The lowest BCUT2D eigenvalue weighted by molar-refractivity contribution is -0.129. The molecule has 1 aromatic heterocycles. The molecule has 0 radical (unpaired) electrons. The molecule has 0 saturated carbocycles. The highest BCUT2D eigenvalue weighted by molar-refractivity contribution is 5.86. The van der Waals surface area contributed by atoms with Gasteiger partial charge in [-0.1, -0.05) is 48.5 Å². The van der Waals surface area contributed by atoms with E-state index in [1.807, 2.05) is 54.6 Å². The maximum atomic E-state index is 13.0. The Hall–Kier alpha value is -3.05. The topological polar surface area (TPSA) is 62.2 Å². The molecule has 2 N–H and O–H groups in total. The maximum Gasteiger partial charge on any atom is 0.255 e. The fraction of sp³-hybridized carbons (Fsp3) is 0.0526. The molecule has 3 rings (SSSR count). The summed E-state index contributed by atoms with van der Waals surface area (Å²) in [6, 6.07) is 19.4. The van der Waals surface area contributed by atoms with Gasteiger partial charge >= 0.3 is 0 Å². The summed E-state index contributed by atoms with van der Waals surface area (Å²) in [6.45, 7) is 0. The first-order valence-corrected chi connectivity index (χ1v) is 7.40. The number of pyridine rings is 1. The first-order valence-electron chi connectivity index (χ1n) is 7.40. The van der Waals surface area contributed by atoms with Crippen LogP contribution in [0.1, 0.15) is 17.0 Å². The van der Waals surface area contributed by atoms with Crippen LogP contribution in [0.25, 0.3) is 11.1 Å². The third-order valence-corrected chi connectivity index (χ3v) is 3.79. The molecule has 1 amide bonds. The number of carbonyl (C=O) groups excluding carboxylic acids is 1. The van der Waals surface area contributed by atoms with Crippen LogP contribution < -0.4 is 5.48 Å². The maximum absolute atomic E-state index is 13.0. The minimum Gasteiger partial charge on any atom is -0.289 e. The zero-order valence-electron chi connectivity index (χ0n) is 12.7. The van der Waals surface area contributed by atoms with E-state index in [1.165, 1.54) is 12.3 Å². The van der Waals surface area contributed by atoms with E-state index >= 15 is 0 Å². The highest BCUT2D eigenvalue weighted by Gasteiger charge is 2.22. The van der Waals surface area contributed by atoms with E-state index in [0.717, 1.165) is 22.3 Å². The average Bonchev–Trinajstić information content (AvgIpc) is 2.63. The molecule has 0 spiro atoms. The van der Waals surface area contributed by atoms with E-state index in [0.29, 0.717) is 0 Å². The molecule has 24 heavy (non-hydrogen) atoms. The minimum absolute atomic E-state index is 0.518. The van der Waals surface area contributed by atoms with Crippen LogP contribution in [-0.2, 0) is 4.79 Å².